The van der Waals surface area contributed by atoms with Crippen molar-refractivity contribution in [3.8, 4) is 11.1 Å². The van der Waals surface area contributed by atoms with E-state index in [-0.39, 0.29) is 18.1 Å². The summed E-state index contributed by atoms with van der Waals surface area (Å²) in [4.78, 5) is 17.3. The molecule has 0 bridgehead atoms. The number of nitrogens with zero attached hydrogens (tertiary/aromatic N) is 3. The molecule has 0 saturated carbocycles. The van der Waals surface area contributed by atoms with E-state index in [0.29, 0.717) is 16.4 Å². The monoisotopic (exact) mass is 422 g/mol. The average molecular weight is 423 g/mol. The van der Waals surface area contributed by atoms with Crippen LogP contribution in [0.15, 0.2) is 48.5 Å². The van der Waals surface area contributed by atoms with Crippen LogP contribution in [0.5, 0.6) is 0 Å². The van der Waals surface area contributed by atoms with Gasteiger partial charge in [-0.05, 0) is 62.7 Å². The van der Waals surface area contributed by atoms with Gasteiger partial charge in [0.05, 0.1) is 12.1 Å². The maximum atomic E-state index is 13.3. The fraction of sp³-hybridized carbons (Fsp3) is 0.174. The van der Waals surface area contributed by atoms with Crippen LogP contribution in [0.1, 0.15) is 22.6 Å². The molecule has 30 heavy (non-hydrogen) atoms. The molecule has 0 aliphatic rings. The fourth-order valence-electron chi connectivity index (χ4n) is 3.58. The maximum Gasteiger partial charge on any atom is 0.228 e. The van der Waals surface area contributed by atoms with Crippen LogP contribution in [0, 0.1) is 26.6 Å². The summed E-state index contributed by atoms with van der Waals surface area (Å²) in [5.74, 6) is -0.436. The number of rotatable bonds is 4. The largest absolute Gasteiger partial charge is 0.326 e. The van der Waals surface area contributed by atoms with Crippen LogP contribution < -0.4 is 5.32 Å². The highest BCUT2D eigenvalue weighted by molar-refractivity contribution is 6.30. The molecule has 0 aliphatic carbocycles. The van der Waals surface area contributed by atoms with Crippen molar-refractivity contribution in [2.75, 3.05) is 5.32 Å². The van der Waals surface area contributed by atoms with Gasteiger partial charge in [0.25, 0.3) is 0 Å². The Hall–Kier alpha value is -3.25. The molecule has 152 valence electrons. The molecule has 0 spiro atoms. The summed E-state index contributed by atoms with van der Waals surface area (Å²) in [5.41, 5.74) is 6.30. The molecule has 4 rings (SSSR count). The second-order valence-electron chi connectivity index (χ2n) is 7.20. The van der Waals surface area contributed by atoms with Crippen LogP contribution in [0.3, 0.4) is 0 Å². The van der Waals surface area contributed by atoms with Gasteiger partial charge in [0.1, 0.15) is 5.82 Å². The Bertz CT molecular complexity index is 1250. The standard InChI is InChI=1S/C23H20ClFN4O/c1-13-20(12-21(30)27-19-10-6-17(24)7-11-19)15(3)29-23(26-13)22(14(2)28-29)16-4-8-18(25)9-5-16/h4-11H,12H2,1-3H3,(H,27,30). The molecule has 0 aliphatic heterocycles. The van der Waals surface area contributed by atoms with Crippen molar-refractivity contribution >= 4 is 28.8 Å². The van der Waals surface area contributed by atoms with Gasteiger partial charge in [-0.2, -0.15) is 5.10 Å². The summed E-state index contributed by atoms with van der Waals surface area (Å²) in [6, 6.07) is 13.3. The second kappa shape index (κ2) is 7.88. The predicted octanol–water partition coefficient (Wildman–Crippen LogP) is 5.30. The number of nitrogens with one attached hydrogen (secondary N) is 1. The number of anilines is 1. The van der Waals surface area contributed by atoms with Gasteiger partial charge in [-0.1, -0.05) is 23.7 Å². The Morgan fingerprint density at radius 2 is 1.70 bits per heavy atom. The van der Waals surface area contributed by atoms with E-state index in [1.54, 1.807) is 40.9 Å². The summed E-state index contributed by atoms with van der Waals surface area (Å²) in [5, 5.41) is 8.12. The molecule has 0 saturated heterocycles. The minimum absolute atomic E-state index is 0.146. The molecule has 1 amide bonds. The van der Waals surface area contributed by atoms with Crippen LogP contribution in [-0.2, 0) is 11.2 Å². The van der Waals surface area contributed by atoms with Crippen molar-refractivity contribution in [2.45, 2.75) is 27.2 Å². The van der Waals surface area contributed by atoms with Crippen LogP contribution in [0.25, 0.3) is 16.8 Å². The molecule has 0 fully saturated rings. The average Bonchev–Trinajstić information content (AvgIpc) is 3.04. The molecule has 5 nitrogen and oxygen atoms in total. The highest BCUT2D eigenvalue weighted by Crippen LogP contribution is 2.29. The van der Waals surface area contributed by atoms with Crippen LogP contribution in [-0.4, -0.2) is 20.5 Å². The topological polar surface area (TPSA) is 59.3 Å². The van der Waals surface area contributed by atoms with Gasteiger partial charge in [0.2, 0.25) is 5.91 Å². The Morgan fingerprint density at radius 1 is 1.03 bits per heavy atom. The summed E-state index contributed by atoms with van der Waals surface area (Å²) in [6.07, 6.45) is 0.175. The zero-order chi connectivity index (χ0) is 21.4. The van der Waals surface area contributed by atoms with Crippen molar-refractivity contribution < 1.29 is 9.18 Å². The van der Waals surface area contributed by atoms with Gasteiger partial charge < -0.3 is 5.32 Å². The smallest absolute Gasteiger partial charge is 0.228 e. The Balaban J connectivity index is 1.69. The third kappa shape index (κ3) is 3.78. The number of hydrogen-bond donors (Lipinski definition) is 1. The first-order valence-corrected chi connectivity index (χ1v) is 9.88. The zero-order valence-electron chi connectivity index (χ0n) is 16.8. The molecular formula is C23H20ClFN4O. The third-order valence-corrected chi connectivity index (χ3v) is 5.35. The molecule has 7 heteroatoms. The zero-order valence-corrected chi connectivity index (χ0v) is 17.6. The van der Waals surface area contributed by atoms with Crippen molar-refractivity contribution in [2.24, 2.45) is 0 Å². The molecule has 4 aromatic rings. The normalized spacial score (nSPS) is 11.1. The van der Waals surface area contributed by atoms with E-state index in [4.69, 9.17) is 16.6 Å². The molecule has 0 radical (unpaired) electrons. The fourth-order valence-corrected chi connectivity index (χ4v) is 3.70. The molecule has 2 heterocycles. The first-order chi connectivity index (χ1) is 14.3. The summed E-state index contributed by atoms with van der Waals surface area (Å²) in [6.45, 7) is 5.71. The lowest BCUT2D eigenvalue weighted by Gasteiger charge is -2.12. The predicted molar refractivity (Wildman–Crippen MR) is 116 cm³/mol. The number of carbonyl (C=O) groups is 1. The van der Waals surface area contributed by atoms with E-state index < -0.39 is 0 Å². The minimum Gasteiger partial charge on any atom is -0.326 e. The quantitative estimate of drug-likeness (QED) is 0.485. The van der Waals surface area contributed by atoms with E-state index >= 15 is 0 Å². The lowest BCUT2D eigenvalue weighted by molar-refractivity contribution is -0.115. The van der Waals surface area contributed by atoms with Crippen molar-refractivity contribution in [3.63, 3.8) is 0 Å². The number of fused-ring (bicyclic) bond motifs is 1. The molecule has 2 aromatic carbocycles. The maximum absolute atomic E-state index is 13.3. The van der Waals surface area contributed by atoms with E-state index in [1.807, 2.05) is 20.8 Å². The SMILES string of the molecule is Cc1nc2c(-c3ccc(F)cc3)c(C)nn2c(C)c1CC(=O)Nc1ccc(Cl)cc1. The van der Waals surface area contributed by atoms with Crippen LogP contribution in [0.4, 0.5) is 10.1 Å². The lowest BCUT2D eigenvalue weighted by Crippen LogP contribution is -2.17. The van der Waals surface area contributed by atoms with Crippen LogP contribution in [0.2, 0.25) is 5.02 Å². The van der Waals surface area contributed by atoms with Gasteiger partial charge in [-0.15, -0.1) is 0 Å². The van der Waals surface area contributed by atoms with E-state index in [0.717, 1.165) is 33.8 Å². The van der Waals surface area contributed by atoms with E-state index in [2.05, 4.69) is 10.4 Å². The van der Waals surface area contributed by atoms with Crippen molar-refractivity contribution in [3.05, 3.63) is 82.0 Å². The first kappa shape index (κ1) is 20.0. The number of amides is 1. The number of hydrogen-bond acceptors (Lipinski definition) is 3. The third-order valence-electron chi connectivity index (χ3n) is 5.10. The van der Waals surface area contributed by atoms with Gasteiger partial charge in [-0.3, -0.25) is 4.79 Å². The van der Waals surface area contributed by atoms with Gasteiger partial charge in [0.15, 0.2) is 5.65 Å². The van der Waals surface area contributed by atoms with Crippen molar-refractivity contribution in [1.29, 1.82) is 0 Å². The Labute approximate surface area is 178 Å². The van der Waals surface area contributed by atoms with Crippen LogP contribution >= 0.6 is 11.6 Å². The number of carbonyl (C=O) groups excluding carboxylic acids is 1. The molecule has 0 unspecified atom stereocenters. The number of aromatic nitrogens is 3. The molecule has 2 aromatic heterocycles. The summed E-state index contributed by atoms with van der Waals surface area (Å²) in [7, 11) is 0. The van der Waals surface area contributed by atoms with Crippen molar-refractivity contribution in [1.82, 2.24) is 14.6 Å². The molecule has 1 N–H and O–H groups in total. The van der Waals surface area contributed by atoms with E-state index in [9.17, 15) is 9.18 Å². The number of halogens is 2. The Kier molecular flexibility index (Phi) is 5.26. The lowest BCUT2D eigenvalue weighted by atomic mass is 10.0. The molecule has 0 atom stereocenters. The van der Waals surface area contributed by atoms with Gasteiger partial charge >= 0.3 is 0 Å². The van der Waals surface area contributed by atoms with E-state index in [1.165, 1.54) is 12.1 Å². The minimum atomic E-state index is -0.290. The highest BCUT2D eigenvalue weighted by atomic mass is 35.5. The Morgan fingerprint density at radius 3 is 2.37 bits per heavy atom. The highest BCUT2D eigenvalue weighted by Gasteiger charge is 2.19. The summed E-state index contributed by atoms with van der Waals surface area (Å²) >= 11 is 5.89. The first-order valence-electron chi connectivity index (χ1n) is 9.50. The van der Waals surface area contributed by atoms with Gasteiger partial charge in [0, 0.05) is 33.2 Å². The number of benzene rings is 2. The molecular weight excluding hydrogens is 403 g/mol. The number of aryl methyl sites for hydroxylation is 3. The summed E-state index contributed by atoms with van der Waals surface area (Å²) < 4.78 is 15.1. The van der Waals surface area contributed by atoms with Gasteiger partial charge in [-0.25, -0.2) is 13.9 Å². The second-order valence-corrected chi connectivity index (χ2v) is 7.63.